The molecule has 0 spiro atoms. The Morgan fingerprint density at radius 2 is 1.96 bits per heavy atom. The molecule has 0 saturated heterocycles. The zero-order valence-electron chi connectivity index (χ0n) is 15.2. The van der Waals surface area contributed by atoms with Gasteiger partial charge in [-0.1, -0.05) is 17.7 Å². The molecule has 0 fully saturated rings. The number of amides is 1. The Morgan fingerprint density at radius 3 is 2.64 bits per heavy atom. The number of anilines is 1. The van der Waals surface area contributed by atoms with E-state index in [1.165, 1.54) is 35.1 Å². The van der Waals surface area contributed by atoms with Crippen LogP contribution in [0.15, 0.2) is 47.8 Å². The minimum Gasteiger partial charge on any atom is -0.489 e. The maximum absolute atomic E-state index is 12.4. The van der Waals surface area contributed by atoms with Crippen LogP contribution in [0.25, 0.3) is 0 Å². The molecular formula is C20H17ClN2O4S. The van der Waals surface area contributed by atoms with Gasteiger partial charge in [-0.05, 0) is 54.6 Å². The van der Waals surface area contributed by atoms with Gasteiger partial charge in [0.05, 0.1) is 20.5 Å². The Bertz CT molecular complexity index is 1050. The number of carbonyl (C=O) groups is 1. The molecule has 8 heteroatoms. The zero-order chi connectivity index (χ0) is 20.3. The second-order valence-corrected chi connectivity index (χ2v) is 7.55. The number of aryl methyl sites for hydroxylation is 2. The topological polar surface area (TPSA) is 81.5 Å². The Labute approximate surface area is 170 Å². The highest BCUT2D eigenvalue weighted by atomic mass is 35.5. The first kappa shape index (κ1) is 19.9. The molecule has 1 amide bonds. The first-order valence-electron chi connectivity index (χ1n) is 8.36. The number of thiophene rings is 1. The Hall–Kier alpha value is -2.90. The molecule has 0 aliphatic carbocycles. The van der Waals surface area contributed by atoms with E-state index in [9.17, 15) is 14.9 Å². The van der Waals surface area contributed by atoms with Gasteiger partial charge in [-0.2, -0.15) is 0 Å². The lowest BCUT2D eigenvalue weighted by Gasteiger charge is -2.07. The number of halogens is 1. The number of carbonyl (C=O) groups excluding carboxylic acids is 1. The third kappa shape index (κ3) is 4.68. The fourth-order valence-corrected chi connectivity index (χ4v) is 3.46. The summed E-state index contributed by atoms with van der Waals surface area (Å²) >= 11 is 7.30. The van der Waals surface area contributed by atoms with Crippen molar-refractivity contribution in [2.45, 2.75) is 20.5 Å². The van der Waals surface area contributed by atoms with E-state index in [2.05, 4.69) is 5.32 Å². The van der Waals surface area contributed by atoms with E-state index in [0.717, 1.165) is 16.9 Å². The second-order valence-electron chi connectivity index (χ2n) is 6.23. The molecule has 0 aliphatic rings. The highest BCUT2D eigenvalue weighted by Crippen LogP contribution is 2.28. The number of non-ortho nitro benzene ring substituents is 1. The summed E-state index contributed by atoms with van der Waals surface area (Å²) in [5, 5.41) is 15.4. The maximum atomic E-state index is 12.4. The van der Waals surface area contributed by atoms with E-state index >= 15 is 0 Å². The average molecular weight is 417 g/mol. The molecular weight excluding hydrogens is 400 g/mol. The van der Waals surface area contributed by atoms with Crippen LogP contribution in [0.1, 0.15) is 26.4 Å². The Morgan fingerprint density at radius 1 is 1.18 bits per heavy atom. The number of nitrogens with one attached hydrogen (secondary N) is 1. The Balaban J connectivity index is 1.63. The molecule has 3 rings (SSSR count). The van der Waals surface area contributed by atoms with E-state index in [0.29, 0.717) is 17.2 Å². The molecule has 3 aromatic rings. The molecule has 6 nitrogen and oxygen atoms in total. The highest BCUT2D eigenvalue weighted by molar-refractivity contribution is 7.12. The van der Waals surface area contributed by atoms with Crippen LogP contribution in [0.4, 0.5) is 11.4 Å². The van der Waals surface area contributed by atoms with Crippen molar-refractivity contribution in [2.75, 3.05) is 5.32 Å². The number of hydrogen-bond acceptors (Lipinski definition) is 5. The van der Waals surface area contributed by atoms with E-state index in [1.807, 2.05) is 37.4 Å². The van der Waals surface area contributed by atoms with Crippen molar-refractivity contribution in [3.8, 4) is 5.75 Å². The Kier molecular flexibility index (Phi) is 5.96. The summed E-state index contributed by atoms with van der Waals surface area (Å²) in [5.41, 5.74) is 3.42. The van der Waals surface area contributed by atoms with Gasteiger partial charge in [0.15, 0.2) is 0 Å². The summed E-state index contributed by atoms with van der Waals surface area (Å²) < 4.78 is 5.78. The van der Waals surface area contributed by atoms with Gasteiger partial charge < -0.3 is 10.1 Å². The van der Waals surface area contributed by atoms with Crippen molar-refractivity contribution >= 4 is 40.2 Å². The number of hydrogen-bond donors (Lipinski definition) is 1. The van der Waals surface area contributed by atoms with E-state index in [-0.39, 0.29) is 16.6 Å². The number of nitro benzene ring substituents is 1. The predicted molar refractivity (Wildman–Crippen MR) is 111 cm³/mol. The summed E-state index contributed by atoms with van der Waals surface area (Å²) in [6.45, 7) is 4.42. The third-order valence-corrected chi connectivity index (χ3v) is 5.46. The van der Waals surface area contributed by atoms with Gasteiger partial charge in [0, 0.05) is 17.7 Å². The second kappa shape index (κ2) is 8.41. The van der Waals surface area contributed by atoms with Crippen molar-refractivity contribution in [1.29, 1.82) is 0 Å². The molecule has 1 heterocycles. The summed E-state index contributed by atoms with van der Waals surface area (Å²) in [6.07, 6.45) is 0. The molecule has 0 radical (unpaired) electrons. The fraction of sp³-hybridized carbons (Fsp3) is 0.150. The van der Waals surface area contributed by atoms with Gasteiger partial charge in [0.25, 0.3) is 11.6 Å². The molecule has 0 saturated carbocycles. The van der Waals surface area contributed by atoms with Crippen LogP contribution in [0.3, 0.4) is 0 Å². The lowest BCUT2D eigenvalue weighted by atomic mass is 10.1. The molecule has 1 aromatic heterocycles. The molecule has 28 heavy (non-hydrogen) atoms. The quantitative estimate of drug-likeness (QED) is 0.409. The summed E-state index contributed by atoms with van der Waals surface area (Å²) in [4.78, 5) is 23.1. The van der Waals surface area contributed by atoms with E-state index in [1.54, 1.807) is 6.07 Å². The van der Waals surface area contributed by atoms with E-state index in [4.69, 9.17) is 16.3 Å². The van der Waals surface area contributed by atoms with Gasteiger partial charge in [-0.15, -0.1) is 11.3 Å². The number of nitrogens with zero attached hydrogens (tertiary/aromatic N) is 1. The van der Waals surface area contributed by atoms with Crippen molar-refractivity contribution in [3.63, 3.8) is 0 Å². The largest absolute Gasteiger partial charge is 0.489 e. The zero-order valence-corrected chi connectivity index (χ0v) is 16.8. The van der Waals surface area contributed by atoms with Crippen molar-refractivity contribution in [2.24, 2.45) is 0 Å². The van der Waals surface area contributed by atoms with E-state index < -0.39 is 4.92 Å². The lowest BCUT2D eigenvalue weighted by Crippen LogP contribution is -2.10. The van der Waals surface area contributed by atoms with Crippen LogP contribution in [0.2, 0.25) is 5.02 Å². The summed E-state index contributed by atoms with van der Waals surface area (Å²) in [6, 6.07) is 11.6. The average Bonchev–Trinajstić information content (AvgIpc) is 3.13. The number of ether oxygens (including phenoxy) is 1. The van der Waals surface area contributed by atoms with Gasteiger partial charge in [0.1, 0.15) is 12.4 Å². The van der Waals surface area contributed by atoms with Crippen LogP contribution in [0, 0.1) is 24.0 Å². The molecule has 0 atom stereocenters. The van der Waals surface area contributed by atoms with Gasteiger partial charge >= 0.3 is 0 Å². The van der Waals surface area contributed by atoms with Crippen LogP contribution < -0.4 is 10.1 Å². The predicted octanol–water partition coefficient (Wildman–Crippen LogP) is 5.76. The van der Waals surface area contributed by atoms with Gasteiger partial charge in [0.2, 0.25) is 0 Å². The first-order chi connectivity index (χ1) is 13.3. The molecule has 144 valence electrons. The summed E-state index contributed by atoms with van der Waals surface area (Å²) in [7, 11) is 0. The van der Waals surface area contributed by atoms with Crippen molar-refractivity contribution in [1.82, 2.24) is 0 Å². The SMILES string of the molecule is Cc1ccc(OCc2csc(C(=O)Nc3ccc([N+](=O)[O-])cc3Cl)c2)cc1C. The third-order valence-electron chi connectivity index (χ3n) is 4.17. The van der Waals surface area contributed by atoms with Gasteiger partial charge in [-0.25, -0.2) is 0 Å². The van der Waals surface area contributed by atoms with Crippen LogP contribution >= 0.6 is 22.9 Å². The van der Waals surface area contributed by atoms with Crippen molar-refractivity contribution < 1.29 is 14.5 Å². The number of benzene rings is 2. The highest BCUT2D eigenvalue weighted by Gasteiger charge is 2.14. The minimum absolute atomic E-state index is 0.109. The van der Waals surface area contributed by atoms with Crippen molar-refractivity contribution in [3.05, 3.63) is 84.5 Å². The standard InChI is InChI=1S/C20H17ClN2O4S/c1-12-3-5-16(7-13(12)2)27-10-14-8-19(28-11-14)20(24)22-18-6-4-15(23(25)26)9-17(18)21/h3-9,11H,10H2,1-2H3,(H,22,24). The molecule has 0 unspecified atom stereocenters. The number of rotatable bonds is 6. The minimum atomic E-state index is -0.543. The first-order valence-corrected chi connectivity index (χ1v) is 9.62. The normalized spacial score (nSPS) is 10.5. The number of nitro groups is 1. The monoisotopic (exact) mass is 416 g/mol. The molecule has 2 aromatic carbocycles. The van der Waals surface area contributed by atoms with Crippen LogP contribution in [-0.4, -0.2) is 10.8 Å². The molecule has 0 bridgehead atoms. The molecule has 1 N–H and O–H groups in total. The maximum Gasteiger partial charge on any atom is 0.271 e. The fourth-order valence-electron chi connectivity index (χ4n) is 2.44. The van der Waals surface area contributed by atoms with Crippen LogP contribution in [0.5, 0.6) is 5.75 Å². The summed E-state index contributed by atoms with van der Waals surface area (Å²) in [5.74, 6) is 0.441. The van der Waals surface area contributed by atoms with Crippen LogP contribution in [-0.2, 0) is 6.61 Å². The smallest absolute Gasteiger partial charge is 0.271 e. The van der Waals surface area contributed by atoms with Gasteiger partial charge in [-0.3, -0.25) is 14.9 Å². The lowest BCUT2D eigenvalue weighted by molar-refractivity contribution is -0.384. The molecule has 0 aliphatic heterocycles.